The molecule has 0 aliphatic rings. The maximum atomic E-state index is 12.2. The topological polar surface area (TPSA) is 17.1 Å². The largest absolute Gasteiger partial charge is 0.300 e. The summed E-state index contributed by atoms with van der Waals surface area (Å²) in [4.78, 5) is 12.2. The molecular weight excluding hydrogens is 348 g/mol. The van der Waals surface area contributed by atoms with Crippen molar-refractivity contribution in [2.24, 2.45) is 0 Å². The zero-order chi connectivity index (χ0) is 16.7. The molecule has 0 heterocycles. The molecule has 0 amide bonds. The Balaban J connectivity index is 1.73. The number of halogens is 1. The molecular formula is C21H25BrO. The number of carbonyl (C=O) groups excluding carboxylic acids is 1. The molecule has 1 nitrogen and oxygen atoms in total. The van der Waals surface area contributed by atoms with Crippen LogP contribution in [0, 0.1) is 0 Å². The number of rotatable bonds is 8. The summed E-state index contributed by atoms with van der Waals surface area (Å²) in [6, 6.07) is 18.8. The van der Waals surface area contributed by atoms with Crippen LogP contribution in [-0.2, 0) is 4.79 Å². The smallest absolute Gasteiger partial charge is 0.133 e. The van der Waals surface area contributed by atoms with Gasteiger partial charge in [0.2, 0.25) is 0 Å². The van der Waals surface area contributed by atoms with Gasteiger partial charge in [0.05, 0.1) is 0 Å². The third-order valence-electron chi connectivity index (χ3n) is 4.43. The fraction of sp³-hybridized carbons (Fsp3) is 0.381. The molecule has 2 aromatic carbocycles. The summed E-state index contributed by atoms with van der Waals surface area (Å²) in [7, 11) is 0. The van der Waals surface area contributed by atoms with Crippen LogP contribution in [0.3, 0.4) is 0 Å². The highest BCUT2D eigenvalue weighted by Gasteiger charge is 2.12. The van der Waals surface area contributed by atoms with Crippen LogP contribution < -0.4 is 0 Å². The number of ketones is 1. The van der Waals surface area contributed by atoms with Crippen LogP contribution in [0.15, 0.2) is 59.1 Å². The molecule has 0 saturated heterocycles. The standard InChI is InChI=1S/C21H25BrO/c1-16(18-8-4-3-5-9-18)7-6-10-21(23)15-17(2)19-11-13-20(22)14-12-19/h3-5,8-9,11-14,16-17H,6-7,10,15H2,1-2H3/t16-,17+/m0/s1. The molecule has 23 heavy (non-hydrogen) atoms. The minimum absolute atomic E-state index is 0.294. The van der Waals surface area contributed by atoms with Gasteiger partial charge in [-0.3, -0.25) is 4.79 Å². The molecule has 2 rings (SSSR count). The van der Waals surface area contributed by atoms with Gasteiger partial charge in [-0.25, -0.2) is 0 Å². The van der Waals surface area contributed by atoms with Crippen LogP contribution >= 0.6 is 15.9 Å². The molecule has 0 spiro atoms. The summed E-state index contributed by atoms with van der Waals surface area (Å²) in [6.07, 6.45) is 3.38. The first kappa shape index (κ1) is 17.9. The Kier molecular flexibility index (Phi) is 7.04. The lowest BCUT2D eigenvalue weighted by Gasteiger charge is -2.13. The summed E-state index contributed by atoms with van der Waals surface area (Å²) in [5, 5.41) is 0. The Morgan fingerprint density at radius 2 is 1.52 bits per heavy atom. The highest BCUT2D eigenvalue weighted by molar-refractivity contribution is 9.10. The number of carbonyl (C=O) groups is 1. The van der Waals surface area contributed by atoms with Crippen molar-refractivity contribution in [1.82, 2.24) is 0 Å². The van der Waals surface area contributed by atoms with Crippen molar-refractivity contribution in [3.63, 3.8) is 0 Å². The van der Waals surface area contributed by atoms with Gasteiger partial charge in [-0.2, -0.15) is 0 Å². The molecule has 2 aromatic rings. The highest BCUT2D eigenvalue weighted by atomic mass is 79.9. The average molecular weight is 373 g/mol. The third-order valence-corrected chi connectivity index (χ3v) is 4.96. The molecule has 0 bridgehead atoms. The SMILES string of the molecule is C[C@H](CC(=O)CCC[C@H](C)c1ccccc1)c1ccc(Br)cc1. The van der Waals surface area contributed by atoms with E-state index in [2.05, 4.69) is 66.2 Å². The lowest BCUT2D eigenvalue weighted by molar-refractivity contribution is -0.119. The molecule has 0 aromatic heterocycles. The first-order chi connectivity index (χ1) is 11.1. The van der Waals surface area contributed by atoms with Crippen LogP contribution in [0.4, 0.5) is 0 Å². The second-order valence-corrected chi connectivity index (χ2v) is 7.32. The van der Waals surface area contributed by atoms with Crippen LogP contribution in [-0.4, -0.2) is 5.78 Å². The summed E-state index contributed by atoms with van der Waals surface area (Å²) < 4.78 is 1.08. The molecule has 0 N–H and O–H groups in total. The number of benzene rings is 2. The van der Waals surface area contributed by atoms with Gasteiger partial charge < -0.3 is 0 Å². The number of hydrogen-bond acceptors (Lipinski definition) is 1. The maximum Gasteiger partial charge on any atom is 0.133 e. The van der Waals surface area contributed by atoms with Crippen LogP contribution in [0.1, 0.15) is 62.5 Å². The van der Waals surface area contributed by atoms with E-state index in [0.29, 0.717) is 30.5 Å². The monoisotopic (exact) mass is 372 g/mol. The van der Waals surface area contributed by atoms with Gasteiger partial charge in [0, 0.05) is 17.3 Å². The number of Topliss-reactive ketones (excluding diaryl/α,β-unsaturated/α-hetero) is 1. The normalized spacial score (nSPS) is 13.5. The van der Waals surface area contributed by atoms with E-state index in [1.807, 2.05) is 18.2 Å². The van der Waals surface area contributed by atoms with Gasteiger partial charge in [-0.1, -0.05) is 72.2 Å². The molecule has 0 radical (unpaired) electrons. The molecule has 0 unspecified atom stereocenters. The first-order valence-corrected chi connectivity index (χ1v) is 9.17. The maximum absolute atomic E-state index is 12.2. The van der Waals surface area contributed by atoms with Gasteiger partial charge in [-0.15, -0.1) is 0 Å². The van der Waals surface area contributed by atoms with Gasteiger partial charge in [0.25, 0.3) is 0 Å². The van der Waals surface area contributed by atoms with E-state index in [1.54, 1.807) is 0 Å². The summed E-state index contributed by atoms with van der Waals surface area (Å²) in [5.41, 5.74) is 2.60. The molecule has 122 valence electrons. The van der Waals surface area contributed by atoms with E-state index in [-0.39, 0.29) is 0 Å². The van der Waals surface area contributed by atoms with Crippen molar-refractivity contribution in [1.29, 1.82) is 0 Å². The van der Waals surface area contributed by atoms with E-state index in [4.69, 9.17) is 0 Å². The van der Waals surface area contributed by atoms with Crippen molar-refractivity contribution < 1.29 is 4.79 Å². The fourth-order valence-corrected chi connectivity index (χ4v) is 3.17. The van der Waals surface area contributed by atoms with Crippen LogP contribution in [0.25, 0.3) is 0 Å². The summed E-state index contributed by atoms with van der Waals surface area (Å²) in [5.74, 6) is 1.19. The van der Waals surface area contributed by atoms with E-state index < -0.39 is 0 Å². The zero-order valence-corrected chi connectivity index (χ0v) is 15.6. The highest BCUT2D eigenvalue weighted by Crippen LogP contribution is 2.24. The lowest BCUT2D eigenvalue weighted by atomic mass is 9.92. The number of hydrogen-bond donors (Lipinski definition) is 0. The molecule has 2 atom stereocenters. The van der Waals surface area contributed by atoms with Crippen molar-refractivity contribution in [3.05, 3.63) is 70.2 Å². The average Bonchev–Trinajstić information content (AvgIpc) is 2.56. The quantitative estimate of drug-likeness (QED) is 0.517. The Morgan fingerprint density at radius 3 is 2.17 bits per heavy atom. The minimum atomic E-state index is 0.294. The summed E-state index contributed by atoms with van der Waals surface area (Å²) in [6.45, 7) is 4.37. The molecule has 0 saturated carbocycles. The van der Waals surface area contributed by atoms with Gasteiger partial charge in [0.1, 0.15) is 5.78 Å². The summed E-state index contributed by atoms with van der Waals surface area (Å²) >= 11 is 3.45. The Hall–Kier alpha value is -1.41. The van der Waals surface area contributed by atoms with Gasteiger partial charge in [-0.05, 0) is 47.9 Å². The van der Waals surface area contributed by atoms with Crippen molar-refractivity contribution in [3.8, 4) is 0 Å². The van der Waals surface area contributed by atoms with Crippen molar-refractivity contribution in [2.75, 3.05) is 0 Å². The van der Waals surface area contributed by atoms with Crippen molar-refractivity contribution >= 4 is 21.7 Å². The first-order valence-electron chi connectivity index (χ1n) is 8.38. The van der Waals surface area contributed by atoms with E-state index in [1.165, 1.54) is 11.1 Å². The van der Waals surface area contributed by atoms with Crippen molar-refractivity contribution in [2.45, 2.75) is 51.4 Å². The van der Waals surface area contributed by atoms with Gasteiger partial charge >= 0.3 is 0 Å². The zero-order valence-electron chi connectivity index (χ0n) is 14.0. The fourth-order valence-electron chi connectivity index (χ4n) is 2.91. The molecule has 0 aliphatic heterocycles. The Morgan fingerprint density at radius 1 is 0.913 bits per heavy atom. The second-order valence-electron chi connectivity index (χ2n) is 6.40. The Bertz CT molecular complexity index is 603. The van der Waals surface area contributed by atoms with E-state index in [9.17, 15) is 4.79 Å². The molecule has 2 heteroatoms. The van der Waals surface area contributed by atoms with Crippen LogP contribution in [0.2, 0.25) is 0 Å². The predicted octanol–water partition coefficient (Wildman–Crippen LogP) is 6.49. The van der Waals surface area contributed by atoms with Gasteiger partial charge in [0.15, 0.2) is 0 Å². The molecule has 0 aliphatic carbocycles. The second kappa shape index (κ2) is 9.02. The Labute approximate surface area is 148 Å². The third kappa shape index (κ3) is 5.95. The van der Waals surface area contributed by atoms with E-state index in [0.717, 1.165) is 17.3 Å². The van der Waals surface area contributed by atoms with Crippen LogP contribution in [0.5, 0.6) is 0 Å². The minimum Gasteiger partial charge on any atom is -0.300 e. The predicted molar refractivity (Wildman–Crippen MR) is 101 cm³/mol. The van der Waals surface area contributed by atoms with E-state index >= 15 is 0 Å². The lowest BCUT2D eigenvalue weighted by Crippen LogP contribution is -2.05. The molecule has 0 fully saturated rings.